The second-order valence-corrected chi connectivity index (χ2v) is 4.71. The number of aryl methyl sites for hydroxylation is 3. The minimum absolute atomic E-state index is 0.787. The van der Waals surface area contributed by atoms with Crippen molar-refractivity contribution in [2.45, 2.75) is 19.8 Å². The molecule has 0 aliphatic carbocycles. The van der Waals surface area contributed by atoms with E-state index in [2.05, 4.69) is 33.0 Å². The van der Waals surface area contributed by atoms with Gasteiger partial charge in [-0.25, -0.2) is 4.98 Å². The molecule has 0 bridgehead atoms. The summed E-state index contributed by atoms with van der Waals surface area (Å²) in [5.41, 5.74) is 2.16. The highest BCUT2D eigenvalue weighted by Crippen LogP contribution is 2.26. The normalized spacial score (nSPS) is 10.5. The van der Waals surface area contributed by atoms with Gasteiger partial charge in [0, 0.05) is 6.42 Å². The van der Waals surface area contributed by atoms with Gasteiger partial charge < -0.3 is 9.15 Å². The number of oxazole rings is 1. The topological polar surface area (TPSA) is 35.3 Å². The summed E-state index contributed by atoms with van der Waals surface area (Å²) in [6, 6.07) is 6.08. The molecule has 0 saturated heterocycles. The van der Waals surface area contributed by atoms with Crippen LogP contribution in [0, 0.1) is 6.92 Å². The molecule has 0 N–H and O–H groups in total. The molecule has 1 aromatic carbocycles. The summed E-state index contributed by atoms with van der Waals surface area (Å²) in [5.74, 6) is 1.63. The van der Waals surface area contributed by atoms with Crippen LogP contribution in [-0.2, 0) is 12.8 Å². The molecular formula is C13H14BrNO2. The Labute approximate surface area is 109 Å². The number of hydrogen-bond acceptors (Lipinski definition) is 3. The molecule has 0 spiro atoms. The first kappa shape index (κ1) is 12.2. The summed E-state index contributed by atoms with van der Waals surface area (Å²) in [6.45, 7) is 1.93. The zero-order valence-electron chi connectivity index (χ0n) is 9.87. The highest BCUT2D eigenvalue weighted by Gasteiger charge is 2.04. The predicted molar refractivity (Wildman–Crippen MR) is 69.3 cm³/mol. The van der Waals surface area contributed by atoms with E-state index in [4.69, 9.17) is 9.15 Å². The number of hydrogen-bond donors (Lipinski definition) is 0. The fourth-order valence-electron chi connectivity index (χ4n) is 1.63. The monoisotopic (exact) mass is 295 g/mol. The largest absolute Gasteiger partial charge is 0.496 e. The number of halogens is 1. The molecule has 0 unspecified atom stereocenters. The molecular weight excluding hydrogens is 282 g/mol. The summed E-state index contributed by atoms with van der Waals surface area (Å²) in [7, 11) is 1.66. The van der Waals surface area contributed by atoms with Crippen LogP contribution < -0.4 is 4.74 Å². The third-order valence-electron chi connectivity index (χ3n) is 2.51. The van der Waals surface area contributed by atoms with Crippen LogP contribution in [0.3, 0.4) is 0 Å². The summed E-state index contributed by atoms with van der Waals surface area (Å²) in [6.07, 6.45) is 3.40. The van der Waals surface area contributed by atoms with Crippen LogP contribution in [0.15, 0.2) is 33.4 Å². The van der Waals surface area contributed by atoms with Crippen molar-refractivity contribution in [3.63, 3.8) is 0 Å². The van der Waals surface area contributed by atoms with E-state index in [1.54, 1.807) is 13.4 Å². The van der Waals surface area contributed by atoms with E-state index >= 15 is 0 Å². The molecule has 0 aliphatic heterocycles. The van der Waals surface area contributed by atoms with Crippen molar-refractivity contribution >= 4 is 15.9 Å². The Morgan fingerprint density at radius 1 is 1.35 bits per heavy atom. The first-order valence-electron chi connectivity index (χ1n) is 5.42. The van der Waals surface area contributed by atoms with Crippen molar-refractivity contribution in [3.05, 3.63) is 46.1 Å². The maximum atomic E-state index is 5.31. The summed E-state index contributed by atoms with van der Waals surface area (Å²) >= 11 is 3.47. The van der Waals surface area contributed by atoms with E-state index in [1.807, 2.05) is 13.0 Å². The van der Waals surface area contributed by atoms with Crippen LogP contribution in [0.4, 0.5) is 0 Å². The number of rotatable bonds is 4. The molecule has 3 nitrogen and oxygen atoms in total. The van der Waals surface area contributed by atoms with Gasteiger partial charge in [-0.3, -0.25) is 0 Å². The SMILES string of the molecule is COc1ccc(CCc2nc(C)co2)cc1Br. The van der Waals surface area contributed by atoms with E-state index in [-0.39, 0.29) is 0 Å². The lowest BCUT2D eigenvalue weighted by atomic mass is 10.1. The highest BCUT2D eigenvalue weighted by atomic mass is 79.9. The number of aromatic nitrogens is 1. The van der Waals surface area contributed by atoms with Crippen LogP contribution in [0.1, 0.15) is 17.1 Å². The lowest BCUT2D eigenvalue weighted by Gasteiger charge is -2.05. The van der Waals surface area contributed by atoms with Crippen molar-refractivity contribution in [2.75, 3.05) is 7.11 Å². The van der Waals surface area contributed by atoms with Crippen molar-refractivity contribution in [3.8, 4) is 5.75 Å². The molecule has 0 atom stereocenters. The Morgan fingerprint density at radius 3 is 2.76 bits per heavy atom. The van der Waals surface area contributed by atoms with Crippen molar-refractivity contribution < 1.29 is 9.15 Å². The number of benzene rings is 1. The van der Waals surface area contributed by atoms with Crippen LogP contribution in [-0.4, -0.2) is 12.1 Å². The maximum absolute atomic E-state index is 5.31. The zero-order valence-corrected chi connectivity index (χ0v) is 11.5. The van der Waals surface area contributed by atoms with Crippen molar-refractivity contribution in [2.24, 2.45) is 0 Å². The Hall–Kier alpha value is -1.29. The van der Waals surface area contributed by atoms with E-state index in [9.17, 15) is 0 Å². The molecule has 90 valence electrons. The molecule has 0 amide bonds. The first-order chi connectivity index (χ1) is 8.19. The second kappa shape index (κ2) is 5.36. The zero-order chi connectivity index (χ0) is 12.3. The fourth-order valence-corrected chi connectivity index (χ4v) is 2.22. The van der Waals surface area contributed by atoms with Crippen molar-refractivity contribution in [1.29, 1.82) is 0 Å². The van der Waals surface area contributed by atoms with Gasteiger partial charge in [-0.15, -0.1) is 0 Å². The average Bonchev–Trinajstić information content (AvgIpc) is 2.73. The van der Waals surface area contributed by atoms with Gasteiger partial charge in [-0.1, -0.05) is 6.07 Å². The molecule has 2 aromatic rings. The number of ether oxygens (including phenoxy) is 1. The van der Waals surface area contributed by atoms with Crippen LogP contribution in [0.2, 0.25) is 0 Å². The summed E-state index contributed by atoms with van der Waals surface area (Å²) in [4.78, 5) is 4.28. The third-order valence-corrected chi connectivity index (χ3v) is 3.13. The van der Waals surface area contributed by atoms with E-state index in [1.165, 1.54) is 5.56 Å². The molecule has 2 rings (SSSR count). The van der Waals surface area contributed by atoms with Gasteiger partial charge in [-0.2, -0.15) is 0 Å². The minimum Gasteiger partial charge on any atom is -0.496 e. The Morgan fingerprint density at radius 2 is 2.18 bits per heavy atom. The first-order valence-corrected chi connectivity index (χ1v) is 6.22. The lowest BCUT2D eigenvalue weighted by molar-refractivity contribution is 0.412. The van der Waals surface area contributed by atoms with E-state index in [0.717, 1.165) is 34.6 Å². The van der Waals surface area contributed by atoms with Crippen LogP contribution in [0.5, 0.6) is 5.75 Å². The van der Waals surface area contributed by atoms with E-state index < -0.39 is 0 Å². The molecule has 0 saturated carbocycles. The minimum atomic E-state index is 0.787. The number of methoxy groups -OCH3 is 1. The molecule has 0 radical (unpaired) electrons. The lowest BCUT2D eigenvalue weighted by Crippen LogP contribution is -1.93. The van der Waals surface area contributed by atoms with Gasteiger partial charge in [0.1, 0.15) is 12.0 Å². The predicted octanol–water partition coefficient (Wildman–Crippen LogP) is 3.54. The van der Waals surface area contributed by atoms with Crippen LogP contribution in [0.25, 0.3) is 0 Å². The Kier molecular flexibility index (Phi) is 3.84. The van der Waals surface area contributed by atoms with Gasteiger partial charge in [-0.05, 0) is 47.0 Å². The van der Waals surface area contributed by atoms with Crippen molar-refractivity contribution in [1.82, 2.24) is 4.98 Å². The summed E-state index contributed by atoms with van der Waals surface area (Å²) in [5, 5.41) is 0. The molecule has 0 aliphatic rings. The average molecular weight is 296 g/mol. The Balaban J connectivity index is 2.02. The van der Waals surface area contributed by atoms with E-state index in [0.29, 0.717) is 0 Å². The standard InChI is InChI=1S/C13H14BrNO2/c1-9-8-17-13(15-9)6-4-10-3-5-12(16-2)11(14)7-10/h3,5,7-8H,4,6H2,1-2H3. The Bertz CT molecular complexity index is 508. The highest BCUT2D eigenvalue weighted by molar-refractivity contribution is 9.10. The van der Waals surface area contributed by atoms with Gasteiger partial charge in [0.05, 0.1) is 17.3 Å². The fraction of sp³-hybridized carbons (Fsp3) is 0.308. The van der Waals surface area contributed by atoms with Gasteiger partial charge in [0.25, 0.3) is 0 Å². The van der Waals surface area contributed by atoms with Gasteiger partial charge >= 0.3 is 0 Å². The second-order valence-electron chi connectivity index (χ2n) is 3.85. The molecule has 1 aromatic heterocycles. The third kappa shape index (κ3) is 3.09. The molecule has 4 heteroatoms. The van der Waals surface area contributed by atoms with Gasteiger partial charge in [0.2, 0.25) is 0 Å². The molecule has 0 fully saturated rings. The molecule has 1 heterocycles. The summed E-state index contributed by atoms with van der Waals surface area (Å²) < 4.78 is 11.5. The van der Waals surface area contributed by atoms with Gasteiger partial charge in [0.15, 0.2) is 5.89 Å². The quantitative estimate of drug-likeness (QED) is 0.865. The maximum Gasteiger partial charge on any atom is 0.194 e. The van der Waals surface area contributed by atoms with Crippen LogP contribution >= 0.6 is 15.9 Å². The molecule has 17 heavy (non-hydrogen) atoms. The smallest absolute Gasteiger partial charge is 0.194 e. The number of nitrogens with zero attached hydrogens (tertiary/aromatic N) is 1.